The number of phenolic OH excluding ortho intramolecular Hbond substituents is 2. The van der Waals surface area contributed by atoms with E-state index in [9.17, 15) is 49.1 Å². The van der Waals surface area contributed by atoms with Crippen molar-refractivity contribution < 1.29 is 53.8 Å². The van der Waals surface area contributed by atoms with Crippen molar-refractivity contribution in [2.75, 3.05) is 26.2 Å². The third-order valence-corrected chi connectivity index (χ3v) is 7.35. The van der Waals surface area contributed by atoms with Gasteiger partial charge < -0.3 is 45.8 Å². The van der Waals surface area contributed by atoms with Gasteiger partial charge in [-0.1, -0.05) is 29.8 Å². The fourth-order valence-electron chi connectivity index (χ4n) is 4.71. The molecule has 232 valence electrons. The number of amides is 6. The summed E-state index contributed by atoms with van der Waals surface area (Å²) in [6, 6.07) is 3.53. The molecule has 0 bridgehead atoms. The number of carboxylic acid groups (broad SMARTS) is 1. The Morgan fingerprint density at radius 2 is 1.84 bits per heavy atom. The SMILES string of the molecule is CC(=O)NCCN1CCN(C(=O)NC(C(=O)N[C@H]2Cc3cccc(C(=O)O)c3OB2O)c2ccc(O)c(O)c2Cl)C(=O)C1=O. The molecule has 18 heteroatoms. The second kappa shape index (κ2) is 13.1. The number of urea groups is 1. The Morgan fingerprint density at radius 3 is 2.52 bits per heavy atom. The number of nitrogens with one attached hydrogen (secondary N) is 3. The van der Waals surface area contributed by atoms with Gasteiger partial charge in [0.25, 0.3) is 0 Å². The number of halogens is 1. The number of benzene rings is 2. The summed E-state index contributed by atoms with van der Waals surface area (Å²) in [5, 5.41) is 46.8. The highest BCUT2D eigenvalue weighted by Gasteiger charge is 2.41. The molecule has 44 heavy (non-hydrogen) atoms. The van der Waals surface area contributed by atoms with Crippen LogP contribution in [0.1, 0.15) is 34.5 Å². The van der Waals surface area contributed by atoms with Crippen LogP contribution in [0, 0.1) is 0 Å². The van der Waals surface area contributed by atoms with E-state index < -0.39 is 65.3 Å². The zero-order valence-electron chi connectivity index (χ0n) is 23.1. The third kappa shape index (κ3) is 6.63. The maximum atomic E-state index is 13.6. The number of carbonyl (C=O) groups is 6. The zero-order valence-corrected chi connectivity index (χ0v) is 23.8. The summed E-state index contributed by atoms with van der Waals surface area (Å²) in [6.45, 7) is 1.09. The lowest BCUT2D eigenvalue weighted by Gasteiger charge is -2.34. The Labute approximate surface area is 254 Å². The monoisotopic (exact) mass is 631 g/mol. The molecule has 2 aromatic rings. The second-order valence-corrected chi connectivity index (χ2v) is 10.3. The first kappa shape index (κ1) is 31.9. The Bertz CT molecular complexity index is 1540. The van der Waals surface area contributed by atoms with Crippen LogP contribution in [-0.4, -0.2) is 105 Å². The first-order valence-electron chi connectivity index (χ1n) is 13.2. The molecule has 1 unspecified atom stereocenters. The summed E-state index contributed by atoms with van der Waals surface area (Å²) in [7, 11) is -1.71. The smallest absolute Gasteiger partial charge is 0.534 e. The predicted octanol–water partition coefficient (Wildman–Crippen LogP) is -0.853. The van der Waals surface area contributed by atoms with Crippen molar-refractivity contribution in [3.05, 3.63) is 52.0 Å². The van der Waals surface area contributed by atoms with Crippen LogP contribution in [0.25, 0.3) is 0 Å². The van der Waals surface area contributed by atoms with Gasteiger partial charge in [-0.25, -0.2) is 9.59 Å². The average molecular weight is 632 g/mol. The second-order valence-electron chi connectivity index (χ2n) is 9.88. The van der Waals surface area contributed by atoms with Crippen LogP contribution in [0.4, 0.5) is 4.79 Å². The van der Waals surface area contributed by atoms with Crippen LogP contribution in [-0.2, 0) is 25.6 Å². The van der Waals surface area contributed by atoms with E-state index in [1.165, 1.54) is 19.1 Å². The molecular weight excluding hydrogens is 605 g/mol. The van der Waals surface area contributed by atoms with E-state index >= 15 is 0 Å². The van der Waals surface area contributed by atoms with Crippen molar-refractivity contribution in [3.63, 3.8) is 0 Å². The van der Waals surface area contributed by atoms with E-state index in [4.69, 9.17) is 16.3 Å². The van der Waals surface area contributed by atoms with E-state index in [1.54, 1.807) is 6.07 Å². The van der Waals surface area contributed by atoms with Gasteiger partial charge in [0.05, 0.1) is 16.5 Å². The molecule has 0 saturated carbocycles. The number of imide groups is 1. The maximum Gasteiger partial charge on any atom is 0.547 e. The number of aromatic carboxylic acids is 1. The molecule has 2 atom stereocenters. The first-order valence-corrected chi connectivity index (χ1v) is 13.5. The minimum Gasteiger partial charge on any atom is -0.534 e. The molecule has 2 aliphatic heterocycles. The van der Waals surface area contributed by atoms with Crippen molar-refractivity contribution in [2.24, 2.45) is 0 Å². The summed E-state index contributed by atoms with van der Waals surface area (Å²) >= 11 is 6.19. The highest BCUT2D eigenvalue weighted by molar-refractivity contribution is 6.47. The predicted molar refractivity (Wildman–Crippen MR) is 151 cm³/mol. The number of phenols is 2. The van der Waals surface area contributed by atoms with Crippen molar-refractivity contribution in [2.45, 2.75) is 25.3 Å². The molecule has 0 radical (unpaired) electrons. The molecule has 0 aromatic heterocycles. The zero-order chi connectivity index (χ0) is 32.3. The summed E-state index contributed by atoms with van der Waals surface area (Å²) in [5.74, 6) is -7.48. The third-order valence-electron chi connectivity index (χ3n) is 6.95. The quantitative estimate of drug-likeness (QED) is 0.108. The highest BCUT2D eigenvalue weighted by Crippen LogP contribution is 2.38. The summed E-state index contributed by atoms with van der Waals surface area (Å²) < 4.78 is 5.39. The molecule has 2 aromatic carbocycles. The topological polar surface area (TPSA) is 235 Å². The molecule has 1 saturated heterocycles. The van der Waals surface area contributed by atoms with E-state index in [0.717, 1.165) is 17.0 Å². The number of nitrogens with zero attached hydrogens (tertiary/aromatic N) is 2. The summed E-state index contributed by atoms with van der Waals surface area (Å²) in [4.78, 5) is 76.6. The first-order chi connectivity index (χ1) is 20.8. The number of carbonyl (C=O) groups excluding carboxylic acids is 5. The average Bonchev–Trinajstić information content (AvgIpc) is 2.97. The van der Waals surface area contributed by atoms with E-state index in [0.29, 0.717) is 10.5 Å². The van der Waals surface area contributed by atoms with Crippen molar-refractivity contribution in [1.29, 1.82) is 0 Å². The Morgan fingerprint density at radius 1 is 1.11 bits per heavy atom. The number of carboxylic acids is 1. The number of para-hydroxylation sites is 1. The fourth-order valence-corrected chi connectivity index (χ4v) is 4.98. The van der Waals surface area contributed by atoms with Gasteiger partial charge in [-0.15, -0.1) is 0 Å². The molecule has 6 amide bonds. The molecule has 1 fully saturated rings. The summed E-state index contributed by atoms with van der Waals surface area (Å²) in [5.41, 5.74) is -0.0422. The number of rotatable bonds is 8. The van der Waals surface area contributed by atoms with E-state index in [-0.39, 0.29) is 55.4 Å². The minimum absolute atomic E-state index is 0.0237. The molecule has 0 spiro atoms. The number of hydrogen-bond acceptors (Lipinski definition) is 10. The number of fused-ring (bicyclic) bond motifs is 1. The van der Waals surface area contributed by atoms with Gasteiger partial charge in [-0.2, -0.15) is 0 Å². The highest BCUT2D eigenvalue weighted by atomic mass is 35.5. The molecule has 4 rings (SSSR count). The van der Waals surface area contributed by atoms with Crippen LogP contribution in [0.3, 0.4) is 0 Å². The van der Waals surface area contributed by atoms with Gasteiger partial charge in [0.1, 0.15) is 11.8 Å². The van der Waals surface area contributed by atoms with Crippen molar-refractivity contribution in [3.8, 4) is 17.2 Å². The van der Waals surface area contributed by atoms with Gasteiger partial charge in [0, 0.05) is 38.7 Å². The van der Waals surface area contributed by atoms with E-state index in [2.05, 4.69) is 16.0 Å². The lowest BCUT2D eigenvalue weighted by Crippen LogP contribution is -2.60. The largest absolute Gasteiger partial charge is 0.547 e. The standard InChI is InChI=1S/C26H27BClN5O11/c1-12(34)29-7-8-32-9-10-33(24(39)23(32)38)26(42)31-19(14-5-6-16(35)20(36)18(14)28)22(37)30-17-11-13-3-2-4-15(25(40)41)21(13)44-27(17)43/h2-6,17,19,35-36,43H,7-11H2,1H3,(H,29,34)(H,30,37)(H,31,42)(H,40,41)/t17-,19?/m0/s1. The van der Waals surface area contributed by atoms with Crippen LogP contribution < -0.4 is 20.6 Å². The normalized spacial score (nSPS) is 16.9. The Hall–Kier alpha value is -5.03. The van der Waals surface area contributed by atoms with Crippen LogP contribution in [0.2, 0.25) is 5.02 Å². The fraction of sp³-hybridized carbons (Fsp3) is 0.308. The van der Waals surface area contributed by atoms with Gasteiger partial charge >= 0.3 is 30.9 Å². The van der Waals surface area contributed by atoms with Crippen molar-refractivity contribution in [1.82, 2.24) is 25.8 Å². The number of piperazine rings is 1. The molecular formula is C26H27BClN5O11. The Balaban J connectivity index is 1.55. The Kier molecular flexibility index (Phi) is 9.49. The number of aromatic hydroxyl groups is 2. The lowest BCUT2D eigenvalue weighted by atomic mass is 9.72. The molecule has 2 aliphatic rings. The van der Waals surface area contributed by atoms with Crippen LogP contribution >= 0.6 is 11.6 Å². The van der Waals surface area contributed by atoms with E-state index in [1.807, 2.05) is 0 Å². The molecule has 7 N–H and O–H groups in total. The van der Waals surface area contributed by atoms with Gasteiger partial charge in [-0.05, 0) is 24.1 Å². The van der Waals surface area contributed by atoms with Gasteiger partial charge in [0.15, 0.2) is 11.5 Å². The maximum absolute atomic E-state index is 13.6. The number of hydrogen-bond donors (Lipinski definition) is 7. The van der Waals surface area contributed by atoms with Crippen LogP contribution in [0.15, 0.2) is 30.3 Å². The minimum atomic E-state index is -1.74. The van der Waals surface area contributed by atoms with Crippen molar-refractivity contribution >= 4 is 54.3 Å². The van der Waals surface area contributed by atoms with Crippen LogP contribution in [0.5, 0.6) is 17.2 Å². The lowest BCUT2D eigenvalue weighted by molar-refractivity contribution is -0.153. The van der Waals surface area contributed by atoms with Gasteiger partial charge in [0.2, 0.25) is 11.8 Å². The summed E-state index contributed by atoms with van der Waals surface area (Å²) in [6.07, 6.45) is -0.0774. The van der Waals surface area contributed by atoms with Gasteiger partial charge in [-0.3, -0.25) is 24.1 Å². The molecule has 0 aliphatic carbocycles. The molecule has 16 nitrogen and oxygen atoms in total. The molecule has 2 heterocycles.